The van der Waals surface area contributed by atoms with Gasteiger partial charge in [-0.05, 0) is 19.1 Å². The highest BCUT2D eigenvalue weighted by molar-refractivity contribution is 6.02. The summed E-state index contributed by atoms with van der Waals surface area (Å²) in [6, 6.07) is 6.57. The maximum Gasteiger partial charge on any atom is 0.275 e. The van der Waals surface area contributed by atoms with Gasteiger partial charge in [0.25, 0.3) is 5.91 Å². The lowest BCUT2D eigenvalue weighted by atomic mass is 10.2. The molecule has 1 N–H and O–H groups in total. The number of hydrogen-bond donors (Lipinski definition) is 1. The molecule has 1 amide bonds. The van der Waals surface area contributed by atoms with Crippen molar-refractivity contribution in [1.82, 2.24) is 9.97 Å². The van der Waals surface area contributed by atoms with Crippen molar-refractivity contribution >= 4 is 17.9 Å². The first kappa shape index (κ1) is 15.2. The van der Waals surface area contributed by atoms with Crippen molar-refractivity contribution in [2.24, 2.45) is 0 Å². The van der Waals surface area contributed by atoms with Crippen LogP contribution in [0.2, 0.25) is 0 Å². The van der Waals surface area contributed by atoms with Crippen molar-refractivity contribution in [3.63, 3.8) is 0 Å². The molecule has 0 saturated heterocycles. The van der Waals surface area contributed by atoms with Crippen LogP contribution in [0.25, 0.3) is 0 Å². The van der Waals surface area contributed by atoms with E-state index in [1.807, 2.05) is 0 Å². The number of carbonyl (C=O) groups is 2. The van der Waals surface area contributed by atoms with Crippen LogP contribution in [-0.4, -0.2) is 28.8 Å². The first-order chi connectivity index (χ1) is 10.7. The second kappa shape index (κ2) is 7.55. The number of nitrogens with one attached hydrogen (secondary N) is 1. The molecule has 0 atom stereocenters. The topological polar surface area (TPSA) is 81.2 Å². The molecule has 0 aliphatic heterocycles. The maximum atomic E-state index is 12.0. The molecule has 1 heterocycles. The summed E-state index contributed by atoms with van der Waals surface area (Å²) in [6.45, 7) is 1.93. The predicted octanol–water partition coefficient (Wildman–Crippen LogP) is 1.94. The van der Waals surface area contributed by atoms with E-state index < -0.39 is 5.91 Å². The van der Waals surface area contributed by atoms with Gasteiger partial charge < -0.3 is 10.1 Å². The third-order valence-electron chi connectivity index (χ3n) is 2.61. The summed E-state index contributed by atoms with van der Waals surface area (Å²) < 4.78 is 5.21. The van der Waals surface area contributed by atoms with Gasteiger partial charge in [-0.15, -0.1) is 5.92 Å². The van der Waals surface area contributed by atoms with Gasteiger partial charge >= 0.3 is 0 Å². The summed E-state index contributed by atoms with van der Waals surface area (Å²) in [4.78, 5) is 30.7. The molecule has 6 heteroatoms. The number of amides is 1. The van der Waals surface area contributed by atoms with Gasteiger partial charge in [-0.1, -0.05) is 18.1 Å². The Morgan fingerprint density at radius 2 is 2.23 bits per heavy atom. The molecule has 0 bridgehead atoms. The van der Waals surface area contributed by atoms with Crippen LogP contribution in [0.5, 0.6) is 5.88 Å². The van der Waals surface area contributed by atoms with Crippen LogP contribution in [-0.2, 0) is 0 Å². The Morgan fingerprint density at radius 1 is 1.36 bits per heavy atom. The first-order valence-corrected chi connectivity index (χ1v) is 6.44. The second-order valence-electron chi connectivity index (χ2n) is 4.15. The van der Waals surface area contributed by atoms with Gasteiger partial charge in [0.2, 0.25) is 5.88 Å². The SMILES string of the molecule is CC#CCOc1cnc(C(=O)Nc2cccc(C=O)c2)cn1. The van der Waals surface area contributed by atoms with Crippen LogP contribution < -0.4 is 10.1 Å². The van der Waals surface area contributed by atoms with E-state index in [-0.39, 0.29) is 12.3 Å². The van der Waals surface area contributed by atoms with Gasteiger partial charge in [-0.25, -0.2) is 9.97 Å². The zero-order chi connectivity index (χ0) is 15.8. The highest BCUT2D eigenvalue weighted by atomic mass is 16.5. The third-order valence-corrected chi connectivity index (χ3v) is 2.61. The first-order valence-electron chi connectivity index (χ1n) is 6.44. The average Bonchev–Trinajstić information content (AvgIpc) is 2.56. The summed E-state index contributed by atoms with van der Waals surface area (Å²) in [6.07, 6.45) is 3.38. The standard InChI is InChI=1S/C16H13N3O3/c1-2-3-7-22-15-10-17-14(9-18-15)16(21)19-13-6-4-5-12(8-13)11-20/h4-6,8-11H,7H2,1H3,(H,19,21). The Bertz CT molecular complexity index is 730. The van der Waals surface area contributed by atoms with Gasteiger partial charge in [-0.3, -0.25) is 9.59 Å². The van der Waals surface area contributed by atoms with Crippen molar-refractivity contribution < 1.29 is 14.3 Å². The van der Waals surface area contributed by atoms with Crippen molar-refractivity contribution in [3.8, 4) is 17.7 Å². The van der Waals surface area contributed by atoms with Crippen LogP contribution in [0.15, 0.2) is 36.7 Å². The van der Waals surface area contributed by atoms with E-state index in [1.54, 1.807) is 31.2 Å². The average molecular weight is 295 g/mol. The smallest absolute Gasteiger partial charge is 0.275 e. The lowest BCUT2D eigenvalue weighted by molar-refractivity contribution is 0.102. The van der Waals surface area contributed by atoms with Gasteiger partial charge in [0, 0.05) is 11.3 Å². The molecule has 0 saturated carbocycles. The Balaban J connectivity index is 2.02. The second-order valence-corrected chi connectivity index (χ2v) is 4.15. The van der Waals surface area contributed by atoms with E-state index >= 15 is 0 Å². The van der Waals surface area contributed by atoms with Crippen LogP contribution >= 0.6 is 0 Å². The van der Waals surface area contributed by atoms with Gasteiger partial charge in [0.15, 0.2) is 6.61 Å². The van der Waals surface area contributed by atoms with E-state index in [9.17, 15) is 9.59 Å². The molecule has 0 spiro atoms. The van der Waals surface area contributed by atoms with Crippen LogP contribution in [0.1, 0.15) is 27.8 Å². The minimum atomic E-state index is -0.421. The number of benzene rings is 1. The Kier molecular flexibility index (Phi) is 5.21. The number of carbonyl (C=O) groups excluding carboxylic acids is 2. The van der Waals surface area contributed by atoms with Gasteiger partial charge in [0.05, 0.1) is 12.4 Å². The fraction of sp³-hybridized carbons (Fsp3) is 0.125. The fourth-order valence-electron chi connectivity index (χ4n) is 1.58. The van der Waals surface area contributed by atoms with E-state index in [0.717, 1.165) is 0 Å². The minimum absolute atomic E-state index is 0.144. The number of aromatic nitrogens is 2. The summed E-state index contributed by atoms with van der Waals surface area (Å²) in [5.41, 5.74) is 1.13. The van der Waals surface area contributed by atoms with Crippen molar-refractivity contribution in [1.29, 1.82) is 0 Å². The zero-order valence-electron chi connectivity index (χ0n) is 11.9. The van der Waals surface area contributed by atoms with E-state index in [2.05, 4.69) is 27.1 Å². The van der Waals surface area contributed by atoms with Gasteiger partial charge in [0.1, 0.15) is 12.0 Å². The van der Waals surface area contributed by atoms with E-state index in [4.69, 9.17) is 4.74 Å². The molecule has 6 nitrogen and oxygen atoms in total. The van der Waals surface area contributed by atoms with Gasteiger partial charge in [-0.2, -0.15) is 0 Å². The summed E-state index contributed by atoms with van der Waals surface area (Å²) in [5, 5.41) is 2.64. The number of nitrogens with zero attached hydrogens (tertiary/aromatic N) is 2. The number of anilines is 1. The molecule has 0 fully saturated rings. The molecule has 110 valence electrons. The Hall–Kier alpha value is -3.20. The highest BCUT2D eigenvalue weighted by Crippen LogP contribution is 2.11. The zero-order valence-corrected chi connectivity index (χ0v) is 11.9. The fourth-order valence-corrected chi connectivity index (χ4v) is 1.58. The van der Waals surface area contributed by atoms with Crippen molar-refractivity contribution in [3.05, 3.63) is 47.9 Å². The number of ether oxygens (including phenoxy) is 1. The molecular weight excluding hydrogens is 282 g/mol. The van der Waals surface area contributed by atoms with E-state index in [1.165, 1.54) is 12.4 Å². The summed E-state index contributed by atoms with van der Waals surface area (Å²) >= 11 is 0. The number of aldehydes is 1. The molecule has 0 aliphatic carbocycles. The minimum Gasteiger partial charge on any atom is -0.463 e. The largest absolute Gasteiger partial charge is 0.463 e. The molecule has 2 rings (SSSR count). The third kappa shape index (κ3) is 4.15. The van der Waals surface area contributed by atoms with E-state index in [0.29, 0.717) is 23.4 Å². The molecule has 22 heavy (non-hydrogen) atoms. The molecule has 0 aliphatic rings. The van der Waals surface area contributed by atoms with Crippen molar-refractivity contribution in [2.75, 3.05) is 11.9 Å². The maximum absolute atomic E-state index is 12.0. The lowest BCUT2D eigenvalue weighted by Crippen LogP contribution is -2.14. The highest BCUT2D eigenvalue weighted by Gasteiger charge is 2.09. The molecule has 0 radical (unpaired) electrons. The van der Waals surface area contributed by atoms with Crippen LogP contribution in [0.3, 0.4) is 0 Å². The lowest BCUT2D eigenvalue weighted by Gasteiger charge is -2.05. The summed E-state index contributed by atoms with van der Waals surface area (Å²) in [7, 11) is 0. The Morgan fingerprint density at radius 3 is 2.91 bits per heavy atom. The summed E-state index contributed by atoms with van der Waals surface area (Å²) in [5.74, 6) is 5.29. The van der Waals surface area contributed by atoms with Crippen LogP contribution in [0, 0.1) is 11.8 Å². The molecule has 1 aromatic carbocycles. The Labute approximate surface area is 127 Å². The molecule has 2 aromatic rings. The monoisotopic (exact) mass is 295 g/mol. The van der Waals surface area contributed by atoms with Crippen molar-refractivity contribution in [2.45, 2.75) is 6.92 Å². The predicted molar refractivity (Wildman–Crippen MR) is 80.8 cm³/mol. The molecular formula is C16H13N3O3. The molecule has 1 aromatic heterocycles. The number of rotatable bonds is 5. The molecule has 0 unspecified atom stereocenters. The normalized spacial score (nSPS) is 9.32. The van der Waals surface area contributed by atoms with Crippen LogP contribution in [0.4, 0.5) is 5.69 Å². The quantitative estimate of drug-likeness (QED) is 0.673. The number of hydrogen-bond acceptors (Lipinski definition) is 5.